The van der Waals surface area contributed by atoms with Crippen LogP contribution in [0.25, 0.3) is 0 Å². The highest BCUT2D eigenvalue weighted by Crippen LogP contribution is 2.36. The average Bonchev–Trinajstić information content (AvgIpc) is 2.57. The molecule has 1 aromatic rings. The normalized spacial score (nSPS) is 23.1. The van der Waals surface area contributed by atoms with Gasteiger partial charge in [0.2, 0.25) is 5.91 Å². The van der Waals surface area contributed by atoms with Crippen molar-refractivity contribution >= 4 is 11.6 Å². The Bertz CT molecular complexity index is 483. The molecular formula is C15H20N2O. The van der Waals surface area contributed by atoms with E-state index in [0.29, 0.717) is 12.5 Å². The first-order valence-electron chi connectivity index (χ1n) is 6.86. The Balaban J connectivity index is 2.03. The number of rotatable bonds is 2. The molecule has 0 aromatic heterocycles. The predicted octanol–water partition coefficient (Wildman–Crippen LogP) is 2.19. The molecule has 0 N–H and O–H groups in total. The van der Waals surface area contributed by atoms with Crippen molar-refractivity contribution in [2.45, 2.75) is 39.3 Å². The summed E-state index contributed by atoms with van der Waals surface area (Å²) in [6, 6.07) is 6.79. The van der Waals surface area contributed by atoms with Gasteiger partial charge in [-0.3, -0.25) is 9.69 Å². The third-order valence-corrected chi connectivity index (χ3v) is 4.07. The summed E-state index contributed by atoms with van der Waals surface area (Å²) in [5.41, 5.74) is 3.73. The van der Waals surface area contributed by atoms with E-state index >= 15 is 0 Å². The number of benzene rings is 1. The molecule has 0 fully saturated rings. The molecule has 1 unspecified atom stereocenters. The van der Waals surface area contributed by atoms with E-state index in [-0.39, 0.29) is 5.91 Å². The van der Waals surface area contributed by atoms with Crippen molar-refractivity contribution in [1.82, 2.24) is 4.90 Å². The lowest BCUT2D eigenvalue weighted by Gasteiger charge is -2.27. The molecule has 0 aliphatic carbocycles. The van der Waals surface area contributed by atoms with Crippen LogP contribution in [0.3, 0.4) is 0 Å². The largest absolute Gasteiger partial charge is 0.310 e. The SMILES string of the molecule is CCCN1Cc2cccc3c2N(CC1C)C(=O)C3. The van der Waals surface area contributed by atoms with Crippen LogP contribution in [0.4, 0.5) is 5.69 Å². The van der Waals surface area contributed by atoms with E-state index in [1.54, 1.807) is 0 Å². The van der Waals surface area contributed by atoms with Crippen molar-refractivity contribution in [3.8, 4) is 0 Å². The number of para-hydroxylation sites is 1. The standard InChI is InChI=1S/C15H20N2O/c1-3-7-16-10-13-6-4-5-12-8-14(18)17(15(12)13)9-11(16)2/h4-6,11H,3,7-10H2,1-2H3. The summed E-state index contributed by atoms with van der Waals surface area (Å²) in [5, 5.41) is 0. The smallest absolute Gasteiger partial charge is 0.231 e. The molecule has 2 aliphatic heterocycles. The number of hydrogen-bond acceptors (Lipinski definition) is 2. The van der Waals surface area contributed by atoms with Crippen molar-refractivity contribution in [2.75, 3.05) is 18.0 Å². The monoisotopic (exact) mass is 244 g/mol. The summed E-state index contributed by atoms with van der Waals surface area (Å²) in [7, 11) is 0. The van der Waals surface area contributed by atoms with E-state index in [9.17, 15) is 4.79 Å². The molecule has 2 heterocycles. The van der Waals surface area contributed by atoms with Gasteiger partial charge in [-0.2, -0.15) is 0 Å². The van der Waals surface area contributed by atoms with Gasteiger partial charge in [0.1, 0.15) is 0 Å². The molecule has 0 bridgehead atoms. The van der Waals surface area contributed by atoms with Gasteiger partial charge in [-0.05, 0) is 31.0 Å². The Kier molecular flexibility index (Phi) is 2.86. The van der Waals surface area contributed by atoms with Gasteiger partial charge in [-0.15, -0.1) is 0 Å². The van der Waals surface area contributed by atoms with Crippen molar-refractivity contribution in [3.05, 3.63) is 29.3 Å². The highest BCUT2D eigenvalue weighted by molar-refractivity contribution is 6.02. The van der Waals surface area contributed by atoms with Crippen LogP contribution < -0.4 is 4.90 Å². The quantitative estimate of drug-likeness (QED) is 0.796. The molecule has 0 spiro atoms. The molecule has 3 nitrogen and oxygen atoms in total. The first-order valence-corrected chi connectivity index (χ1v) is 6.86. The molecule has 1 amide bonds. The zero-order valence-corrected chi connectivity index (χ0v) is 11.1. The Hall–Kier alpha value is -1.35. The fraction of sp³-hybridized carbons (Fsp3) is 0.533. The maximum absolute atomic E-state index is 12.1. The van der Waals surface area contributed by atoms with Crippen LogP contribution in [0.1, 0.15) is 31.4 Å². The summed E-state index contributed by atoms with van der Waals surface area (Å²) in [6.45, 7) is 7.36. The molecule has 3 rings (SSSR count). The summed E-state index contributed by atoms with van der Waals surface area (Å²) in [6.07, 6.45) is 1.75. The number of hydrogen-bond donors (Lipinski definition) is 0. The van der Waals surface area contributed by atoms with E-state index in [0.717, 1.165) is 26.1 Å². The zero-order valence-electron chi connectivity index (χ0n) is 11.1. The number of nitrogens with zero attached hydrogens (tertiary/aromatic N) is 2. The third-order valence-electron chi connectivity index (χ3n) is 4.07. The minimum atomic E-state index is 0.266. The van der Waals surface area contributed by atoms with Gasteiger partial charge in [0.25, 0.3) is 0 Å². The second-order valence-electron chi connectivity index (χ2n) is 5.43. The van der Waals surface area contributed by atoms with Crippen molar-refractivity contribution in [1.29, 1.82) is 0 Å². The molecular weight excluding hydrogens is 224 g/mol. The van der Waals surface area contributed by atoms with Crippen LogP contribution in [-0.4, -0.2) is 29.9 Å². The fourth-order valence-electron chi connectivity index (χ4n) is 3.18. The maximum Gasteiger partial charge on any atom is 0.231 e. The van der Waals surface area contributed by atoms with Crippen molar-refractivity contribution < 1.29 is 4.79 Å². The first kappa shape index (κ1) is 11.7. The number of amides is 1. The van der Waals surface area contributed by atoms with E-state index in [1.807, 2.05) is 4.90 Å². The lowest BCUT2D eigenvalue weighted by Crippen LogP contribution is -2.41. The minimum absolute atomic E-state index is 0.266. The number of anilines is 1. The maximum atomic E-state index is 12.1. The van der Waals surface area contributed by atoms with Crippen LogP contribution in [0.2, 0.25) is 0 Å². The number of carbonyl (C=O) groups is 1. The van der Waals surface area contributed by atoms with E-state index in [1.165, 1.54) is 16.8 Å². The molecule has 0 saturated carbocycles. The fourth-order valence-corrected chi connectivity index (χ4v) is 3.18. The summed E-state index contributed by atoms with van der Waals surface area (Å²) >= 11 is 0. The molecule has 3 heteroatoms. The molecule has 2 aliphatic rings. The highest BCUT2D eigenvalue weighted by Gasteiger charge is 2.34. The van der Waals surface area contributed by atoms with Gasteiger partial charge in [-0.25, -0.2) is 0 Å². The van der Waals surface area contributed by atoms with Crippen LogP contribution in [-0.2, 0) is 17.8 Å². The van der Waals surface area contributed by atoms with Gasteiger partial charge in [-0.1, -0.05) is 25.1 Å². The first-order chi connectivity index (χ1) is 8.70. The molecule has 96 valence electrons. The Morgan fingerprint density at radius 3 is 2.89 bits per heavy atom. The summed E-state index contributed by atoms with van der Waals surface area (Å²) < 4.78 is 0. The second kappa shape index (κ2) is 4.39. The van der Waals surface area contributed by atoms with Gasteiger partial charge < -0.3 is 4.90 Å². The Morgan fingerprint density at radius 1 is 1.33 bits per heavy atom. The molecule has 0 radical (unpaired) electrons. The minimum Gasteiger partial charge on any atom is -0.310 e. The summed E-state index contributed by atoms with van der Waals surface area (Å²) in [5.74, 6) is 0.266. The second-order valence-corrected chi connectivity index (χ2v) is 5.43. The topological polar surface area (TPSA) is 23.6 Å². The Morgan fingerprint density at radius 2 is 2.11 bits per heavy atom. The van der Waals surface area contributed by atoms with Crippen LogP contribution >= 0.6 is 0 Å². The lowest BCUT2D eigenvalue weighted by atomic mass is 10.1. The highest BCUT2D eigenvalue weighted by atomic mass is 16.2. The molecule has 0 saturated heterocycles. The van der Waals surface area contributed by atoms with Gasteiger partial charge in [0, 0.05) is 19.1 Å². The van der Waals surface area contributed by atoms with Gasteiger partial charge in [0.05, 0.1) is 12.1 Å². The van der Waals surface area contributed by atoms with Crippen LogP contribution in [0.5, 0.6) is 0 Å². The van der Waals surface area contributed by atoms with Crippen LogP contribution in [0.15, 0.2) is 18.2 Å². The van der Waals surface area contributed by atoms with Crippen molar-refractivity contribution in [3.63, 3.8) is 0 Å². The molecule has 1 atom stereocenters. The average molecular weight is 244 g/mol. The summed E-state index contributed by atoms with van der Waals surface area (Å²) in [4.78, 5) is 16.6. The lowest BCUT2D eigenvalue weighted by molar-refractivity contribution is -0.117. The van der Waals surface area contributed by atoms with Gasteiger partial charge in [0.15, 0.2) is 0 Å². The van der Waals surface area contributed by atoms with E-state index < -0.39 is 0 Å². The van der Waals surface area contributed by atoms with E-state index in [2.05, 4.69) is 36.9 Å². The van der Waals surface area contributed by atoms with Crippen LogP contribution in [0, 0.1) is 0 Å². The van der Waals surface area contributed by atoms with E-state index in [4.69, 9.17) is 0 Å². The van der Waals surface area contributed by atoms with Crippen molar-refractivity contribution in [2.24, 2.45) is 0 Å². The number of carbonyl (C=O) groups excluding carboxylic acids is 1. The molecule has 1 aromatic carbocycles. The Labute approximate surface area is 108 Å². The predicted molar refractivity (Wildman–Crippen MR) is 72.7 cm³/mol. The third kappa shape index (κ3) is 1.74. The molecule has 18 heavy (non-hydrogen) atoms. The zero-order chi connectivity index (χ0) is 12.7. The van der Waals surface area contributed by atoms with Gasteiger partial charge >= 0.3 is 0 Å².